The Balaban J connectivity index is 1.44. The van der Waals surface area contributed by atoms with Crippen molar-refractivity contribution >= 4 is 40.2 Å². The van der Waals surface area contributed by atoms with Crippen molar-refractivity contribution in [3.63, 3.8) is 0 Å². The maximum Gasteiger partial charge on any atom is 0.319 e. The molecule has 8 nitrogen and oxygen atoms in total. The molecule has 2 saturated heterocycles. The molecule has 2 fully saturated rings. The number of methoxy groups -OCH3 is 1. The van der Waals surface area contributed by atoms with E-state index in [2.05, 4.69) is 32.8 Å². The molecule has 9 heteroatoms. The van der Waals surface area contributed by atoms with Gasteiger partial charge in [0.15, 0.2) is 0 Å². The van der Waals surface area contributed by atoms with Gasteiger partial charge < -0.3 is 30.5 Å². The fraction of sp³-hybridized carbons (Fsp3) is 0.636. The van der Waals surface area contributed by atoms with Crippen molar-refractivity contribution in [2.24, 2.45) is 5.92 Å². The van der Waals surface area contributed by atoms with E-state index >= 15 is 0 Å². The number of anilines is 1. The standard InChI is InChI=1S/C22H34IN5O3/c1-26(2)22(30)28-10-4-15(5-11-28)14-27-8-6-16(7-9-27)25-21(29)17-12-18(23)19(24)13-20(17)31-3/h12-13,15-16H,4-11,14,24H2,1-3H3,(H,25,29). The molecule has 31 heavy (non-hydrogen) atoms. The van der Waals surface area contributed by atoms with Crippen LogP contribution in [0.25, 0.3) is 0 Å². The maximum atomic E-state index is 12.8. The van der Waals surface area contributed by atoms with Gasteiger partial charge in [-0.25, -0.2) is 4.79 Å². The third-order valence-corrected chi connectivity index (χ3v) is 7.20. The second-order valence-electron chi connectivity index (χ2n) is 8.73. The fourth-order valence-corrected chi connectivity index (χ4v) is 4.86. The van der Waals surface area contributed by atoms with E-state index in [1.807, 2.05) is 19.0 Å². The smallest absolute Gasteiger partial charge is 0.319 e. The SMILES string of the molecule is COc1cc(N)c(I)cc1C(=O)NC1CCN(CC2CCN(C(=O)N(C)C)CC2)CC1. The Hall–Kier alpha value is -1.75. The van der Waals surface area contributed by atoms with Crippen LogP contribution in [0.3, 0.4) is 0 Å². The van der Waals surface area contributed by atoms with E-state index in [4.69, 9.17) is 10.5 Å². The summed E-state index contributed by atoms with van der Waals surface area (Å²) in [6, 6.07) is 3.77. The molecule has 0 spiro atoms. The molecule has 3 rings (SSSR count). The molecule has 2 aliphatic rings. The number of halogens is 1. The molecular weight excluding hydrogens is 509 g/mol. The number of benzene rings is 1. The van der Waals surface area contributed by atoms with Crippen molar-refractivity contribution in [1.82, 2.24) is 20.0 Å². The van der Waals surface area contributed by atoms with Crippen LogP contribution in [0, 0.1) is 9.49 Å². The Kier molecular flexibility index (Phi) is 8.26. The molecule has 3 amide bonds. The Bertz CT molecular complexity index is 788. The summed E-state index contributed by atoms with van der Waals surface area (Å²) in [5, 5.41) is 3.17. The van der Waals surface area contributed by atoms with Crippen molar-refractivity contribution < 1.29 is 14.3 Å². The molecule has 0 aromatic heterocycles. The normalized spacial score (nSPS) is 18.6. The third kappa shape index (κ3) is 6.15. The molecule has 172 valence electrons. The van der Waals surface area contributed by atoms with Crippen LogP contribution in [-0.2, 0) is 0 Å². The Morgan fingerprint density at radius 2 is 1.81 bits per heavy atom. The number of ether oxygens (including phenoxy) is 1. The van der Waals surface area contributed by atoms with Crippen molar-refractivity contribution in [3.8, 4) is 5.75 Å². The number of rotatable bonds is 5. The van der Waals surface area contributed by atoms with E-state index in [0.29, 0.717) is 22.9 Å². The number of carbonyl (C=O) groups excluding carboxylic acids is 2. The first-order valence-electron chi connectivity index (χ1n) is 10.9. The summed E-state index contributed by atoms with van der Waals surface area (Å²) in [5.74, 6) is 1.04. The van der Waals surface area contributed by atoms with Gasteiger partial charge in [0.2, 0.25) is 0 Å². The first-order valence-corrected chi connectivity index (χ1v) is 12.0. The van der Waals surface area contributed by atoms with Gasteiger partial charge in [-0.2, -0.15) is 0 Å². The lowest BCUT2D eigenvalue weighted by atomic mass is 9.94. The summed E-state index contributed by atoms with van der Waals surface area (Å²) in [4.78, 5) is 31.0. The third-order valence-electron chi connectivity index (χ3n) is 6.27. The molecule has 0 aliphatic carbocycles. The first kappa shape index (κ1) is 23.9. The molecule has 0 radical (unpaired) electrons. The van der Waals surface area contributed by atoms with Crippen molar-refractivity contribution in [1.29, 1.82) is 0 Å². The summed E-state index contributed by atoms with van der Waals surface area (Å²) in [7, 11) is 5.17. The highest BCUT2D eigenvalue weighted by molar-refractivity contribution is 14.1. The fourth-order valence-electron chi connectivity index (χ4n) is 4.39. The molecular formula is C22H34IN5O3. The second kappa shape index (κ2) is 10.7. The van der Waals surface area contributed by atoms with Crippen LogP contribution in [0.15, 0.2) is 12.1 Å². The summed E-state index contributed by atoms with van der Waals surface area (Å²) in [5.41, 5.74) is 7.07. The van der Waals surface area contributed by atoms with E-state index in [-0.39, 0.29) is 18.0 Å². The zero-order chi connectivity index (χ0) is 22.5. The van der Waals surface area contributed by atoms with Crippen molar-refractivity contribution in [3.05, 3.63) is 21.3 Å². The number of nitrogens with two attached hydrogens (primary N) is 1. The number of hydrogen-bond acceptors (Lipinski definition) is 5. The molecule has 0 atom stereocenters. The van der Waals surface area contributed by atoms with Gasteiger partial charge >= 0.3 is 6.03 Å². The molecule has 0 bridgehead atoms. The second-order valence-corrected chi connectivity index (χ2v) is 9.89. The Morgan fingerprint density at radius 1 is 1.16 bits per heavy atom. The molecule has 2 heterocycles. The number of urea groups is 1. The summed E-state index contributed by atoms with van der Waals surface area (Å²) < 4.78 is 6.19. The van der Waals surface area contributed by atoms with Crippen molar-refractivity contribution in [2.45, 2.75) is 31.7 Å². The van der Waals surface area contributed by atoms with Gasteiger partial charge in [-0.15, -0.1) is 0 Å². The van der Waals surface area contributed by atoms with Crippen LogP contribution in [0.4, 0.5) is 10.5 Å². The maximum absolute atomic E-state index is 12.8. The predicted octanol–water partition coefficient (Wildman–Crippen LogP) is 2.47. The quantitative estimate of drug-likeness (QED) is 0.440. The monoisotopic (exact) mass is 543 g/mol. The summed E-state index contributed by atoms with van der Waals surface area (Å²) in [6.07, 6.45) is 4.01. The highest BCUT2D eigenvalue weighted by Gasteiger charge is 2.28. The van der Waals surface area contributed by atoms with Gasteiger partial charge in [0.05, 0.1) is 12.7 Å². The number of nitrogen functional groups attached to an aromatic ring is 1. The highest BCUT2D eigenvalue weighted by atomic mass is 127. The number of likely N-dealkylation sites (tertiary alicyclic amines) is 2. The minimum absolute atomic E-state index is 0.105. The van der Waals surface area contributed by atoms with Gasteiger partial charge in [-0.3, -0.25) is 4.79 Å². The molecule has 3 N–H and O–H groups in total. The number of piperidine rings is 2. The van der Waals surface area contributed by atoms with Crippen molar-refractivity contribution in [2.75, 3.05) is 59.7 Å². The number of carbonyl (C=O) groups is 2. The van der Waals surface area contributed by atoms with E-state index in [0.717, 1.165) is 62.0 Å². The largest absolute Gasteiger partial charge is 0.496 e. The van der Waals surface area contributed by atoms with Gasteiger partial charge in [0.1, 0.15) is 5.75 Å². The zero-order valence-electron chi connectivity index (χ0n) is 18.7. The Morgan fingerprint density at radius 3 is 2.39 bits per heavy atom. The zero-order valence-corrected chi connectivity index (χ0v) is 20.9. The highest BCUT2D eigenvalue weighted by Crippen LogP contribution is 2.27. The molecule has 2 aliphatic heterocycles. The molecule has 0 unspecified atom stereocenters. The summed E-state index contributed by atoms with van der Waals surface area (Å²) >= 11 is 2.13. The van der Waals surface area contributed by atoms with Crippen LogP contribution in [0.5, 0.6) is 5.75 Å². The molecule has 1 aromatic carbocycles. The average molecular weight is 543 g/mol. The van der Waals surface area contributed by atoms with Gasteiger partial charge in [0.25, 0.3) is 5.91 Å². The predicted molar refractivity (Wildman–Crippen MR) is 130 cm³/mol. The number of hydrogen-bond donors (Lipinski definition) is 2. The van der Waals surface area contributed by atoms with E-state index in [1.165, 1.54) is 0 Å². The number of nitrogens with one attached hydrogen (secondary N) is 1. The van der Waals surface area contributed by atoms with Gasteiger partial charge in [-0.1, -0.05) is 0 Å². The van der Waals surface area contributed by atoms with E-state index in [9.17, 15) is 9.59 Å². The van der Waals surface area contributed by atoms with Crippen LogP contribution >= 0.6 is 22.6 Å². The minimum Gasteiger partial charge on any atom is -0.496 e. The number of nitrogens with zero attached hydrogens (tertiary/aromatic N) is 3. The minimum atomic E-state index is -0.105. The van der Waals surface area contributed by atoms with E-state index < -0.39 is 0 Å². The topological polar surface area (TPSA) is 91.1 Å². The Labute approximate surface area is 198 Å². The molecule has 1 aromatic rings. The van der Waals surface area contributed by atoms with Crippen LogP contribution in [0.1, 0.15) is 36.0 Å². The van der Waals surface area contributed by atoms with Gasteiger partial charge in [-0.05, 0) is 60.3 Å². The lowest BCUT2D eigenvalue weighted by Crippen LogP contribution is -2.48. The lowest BCUT2D eigenvalue weighted by molar-refractivity contribution is 0.0888. The number of amides is 3. The lowest BCUT2D eigenvalue weighted by Gasteiger charge is -2.38. The van der Waals surface area contributed by atoms with E-state index in [1.54, 1.807) is 24.1 Å². The van der Waals surface area contributed by atoms with Crippen LogP contribution < -0.4 is 15.8 Å². The first-order chi connectivity index (χ1) is 14.8. The average Bonchev–Trinajstić information content (AvgIpc) is 2.76. The van der Waals surface area contributed by atoms with Gasteiger partial charge in [0, 0.05) is 68.2 Å². The summed E-state index contributed by atoms with van der Waals surface area (Å²) in [6.45, 7) is 4.73. The van der Waals surface area contributed by atoms with Crippen LogP contribution in [-0.4, -0.2) is 86.6 Å². The van der Waals surface area contributed by atoms with Crippen LogP contribution in [0.2, 0.25) is 0 Å². The molecule has 0 saturated carbocycles.